The molecule has 2 heterocycles. The Labute approximate surface area is 114 Å². The predicted molar refractivity (Wildman–Crippen MR) is 68.2 cm³/mol. The van der Waals surface area contributed by atoms with Crippen molar-refractivity contribution >= 4 is 11.8 Å². The zero-order valence-electron chi connectivity index (χ0n) is 10.9. The molecule has 0 aliphatic rings. The van der Waals surface area contributed by atoms with Crippen LogP contribution in [0.1, 0.15) is 38.9 Å². The Morgan fingerprint density at radius 1 is 1.37 bits per heavy atom. The van der Waals surface area contributed by atoms with Crippen LogP contribution in [0.3, 0.4) is 0 Å². The summed E-state index contributed by atoms with van der Waals surface area (Å²) in [5.74, 6) is 1.37. The maximum Gasteiger partial charge on any atom is 0.319 e. The number of rotatable bonds is 4. The number of halogens is 2. The van der Waals surface area contributed by atoms with E-state index < -0.39 is 6.55 Å². The number of hydrogen-bond acceptors (Lipinski definition) is 4. The van der Waals surface area contributed by atoms with Gasteiger partial charge in [-0.1, -0.05) is 32.5 Å². The minimum Gasteiger partial charge on any atom is -0.436 e. The minimum absolute atomic E-state index is 0.118. The van der Waals surface area contributed by atoms with Gasteiger partial charge in [-0.05, 0) is 0 Å². The summed E-state index contributed by atoms with van der Waals surface area (Å²) in [7, 11) is 0. The van der Waals surface area contributed by atoms with Gasteiger partial charge in [0.2, 0.25) is 0 Å². The van der Waals surface area contributed by atoms with Crippen LogP contribution in [0.15, 0.2) is 28.2 Å². The Hall–Kier alpha value is -1.37. The van der Waals surface area contributed by atoms with Crippen LogP contribution < -0.4 is 0 Å². The highest BCUT2D eigenvalue weighted by Crippen LogP contribution is 2.28. The number of thioether (sulfide) groups is 1. The van der Waals surface area contributed by atoms with E-state index in [2.05, 4.69) is 9.97 Å². The summed E-state index contributed by atoms with van der Waals surface area (Å²) in [5, 5.41) is 0.466. The van der Waals surface area contributed by atoms with Crippen LogP contribution in [0.5, 0.6) is 0 Å². The second-order valence-corrected chi connectivity index (χ2v) is 5.98. The Balaban J connectivity index is 2.03. The summed E-state index contributed by atoms with van der Waals surface area (Å²) in [6.07, 6.45) is 4.29. The first kappa shape index (κ1) is 14.0. The molecule has 7 heteroatoms. The van der Waals surface area contributed by atoms with Gasteiger partial charge in [-0.15, -0.1) is 0 Å². The van der Waals surface area contributed by atoms with E-state index in [-0.39, 0.29) is 5.41 Å². The summed E-state index contributed by atoms with van der Waals surface area (Å²) in [4.78, 5) is 8.03. The van der Waals surface area contributed by atoms with E-state index in [1.165, 1.54) is 24.2 Å². The van der Waals surface area contributed by atoms with Crippen molar-refractivity contribution in [3.63, 3.8) is 0 Å². The van der Waals surface area contributed by atoms with Crippen molar-refractivity contribution in [1.82, 2.24) is 14.5 Å². The monoisotopic (exact) mass is 287 g/mol. The van der Waals surface area contributed by atoms with E-state index >= 15 is 0 Å². The Morgan fingerprint density at radius 3 is 2.68 bits per heavy atom. The predicted octanol–water partition coefficient (Wildman–Crippen LogP) is 3.86. The Morgan fingerprint density at radius 2 is 2.11 bits per heavy atom. The summed E-state index contributed by atoms with van der Waals surface area (Å²) in [6, 6.07) is 0. The van der Waals surface area contributed by atoms with Gasteiger partial charge in [0.15, 0.2) is 0 Å². The van der Waals surface area contributed by atoms with Gasteiger partial charge in [0.25, 0.3) is 5.22 Å². The molecule has 0 fully saturated rings. The largest absolute Gasteiger partial charge is 0.436 e. The highest BCUT2D eigenvalue weighted by molar-refractivity contribution is 7.98. The molecular weight excluding hydrogens is 272 g/mol. The van der Waals surface area contributed by atoms with E-state index in [0.29, 0.717) is 16.8 Å². The average molecular weight is 287 g/mol. The summed E-state index contributed by atoms with van der Waals surface area (Å²) in [5.41, 5.74) is -0.118. The SMILES string of the molecule is CC(C)(C)c1cnc(SCc2nccn2C(F)F)o1. The normalized spacial score (nSPS) is 12.3. The summed E-state index contributed by atoms with van der Waals surface area (Å²) in [6.45, 7) is 3.48. The zero-order valence-corrected chi connectivity index (χ0v) is 11.7. The number of hydrogen-bond donors (Lipinski definition) is 0. The molecule has 0 amide bonds. The number of aromatic nitrogens is 3. The molecule has 0 bridgehead atoms. The van der Waals surface area contributed by atoms with Gasteiger partial charge in [-0.25, -0.2) is 9.97 Å². The quantitative estimate of drug-likeness (QED) is 0.801. The van der Waals surface area contributed by atoms with E-state index in [1.807, 2.05) is 20.8 Å². The molecule has 104 valence electrons. The van der Waals surface area contributed by atoms with Crippen molar-refractivity contribution in [3.05, 3.63) is 30.2 Å². The van der Waals surface area contributed by atoms with Crippen LogP contribution in [0.25, 0.3) is 0 Å². The first-order valence-corrected chi connectivity index (χ1v) is 6.75. The van der Waals surface area contributed by atoms with Crippen LogP contribution in [-0.4, -0.2) is 14.5 Å². The van der Waals surface area contributed by atoms with Crippen molar-refractivity contribution in [1.29, 1.82) is 0 Å². The fourth-order valence-electron chi connectivity index (χ4n) is 1.43. The fraction of sp³-hybridized carbons (Fsp3) is 0.500. The number of nitrogens with zero attached hydrogens (tertiary/aromatic N) is 3. The molecule has 0 radical (unpaired) electrons. The summed E-state index contributed by atoms with van der Waals surface area (Å²) >= 11 is 1.25. The Bertz CT molecular complexity index is 545. The Kier molecular flexibility index (Phi) is 3.93. The van der Waals surface area contributed by atoms with Crippen molar-refractivity contribution in [3.8, 4) is 0 Å². The topological polar surface area (TPSA) is 43.9 Å². The molecule has 2 aromatic heterocycles. The molecular formula is C12H15F2N3OS. The van der Waals surface area contributed by atoms with Crippen LogP contribution in [0, 0.1) is 0 Å². The van der Waals surface area contributed by atoms with Gasteiger partial charge >= 0.3 is 6.55 Å². The van der Waals surface area contributed by atoms with Gasteiger partial charge in [-0.2, -0.15) is 8.78 Å². The first-order chi connectivity index (χ1) is 8.88. The highest BCUT2D eigenvalue weighted by atomic mass is 32.2. The van der Waals surface area contributed by atoms with Crippen LogP contribution >= 0.6 is 11.8 Å². The molecule has 0 aliphatic carbocycles. The van der Waals surface area contributed by atoms with Crippen molar-refractivity contribution in [2.45, 2.75) is 43.7 Å². The second kappa shape index (κ2) is 5.32. The molecule has 0 aromatic carbocycles. The minimum atomic E-state index is -2.58. The van der Waals surface area contributed by atoms with E-state index in [4.69, 9.17) is 4.42 Å². The average Bonchev–Trinajstić information content (AvgIpc) is 2.94. The van der Waals surface area contributed by atoms with Crippen LogP contribution in [0.4, 0.5) is 8.78 Å². The number of imidazole rings is 1. The fourth-order valence-corrected chi connectivity index (χ4v) is 2.18. The molecule has 0 unspecified atom stereocenters. The summed E-state index contributed by atoms with van der Waals surface area (Å²) < 4.78 is 31.7. The van der Waals surface area contributed by atoms with Gasteiger partial charge in [-0.3, -0.25) is 4.57 Å². The molecule has 2 aromatic rings. The third kappa shape index (κ3) is 3.34. The molecule has 0 saturated carbocycles. The van der Waals surface area contributed by atoms with Gasteiger partial charge in [0.1, 0.15) is 11.6 Å². The van der Waals surface area contributed by atoms with Crippen molar-refractivity contribution in [2.75, 3.05) is 0 Å². The maximum atomic E-state index is 12.6. The molecule has 2 rings (SSSR count). The van der Waals surface area contributed by atoms with E-state index in [1.54, 1.807) is 6.20 Å². The smallest absolute Gasteiger partial charge is 0.319 e. The van der Waals surface area contributed by atoms with E-state index in [9.17, 15) is 8.78 Å². The zero-order chi connectivity index (χ0) is 14.0. The third-order valence-corrected chi connectivity index (χ3v) is 3.35. The van der Waals surface area contributed by atoms with Gasteiger partial charge in [0.05, 0.1) is 11.9 Å². The number of oxazole rings is 1. The van der Waals surface area contributed by atoms with Gasteiger partial charge < -0.3 is 4.42 Å². The van der Waals surface area contributed by atoms with Crippen LogP contribution in [-0.2, 0) is 11.2 Å². The number of alkyl halides is 2. The molecule has 4 nitrogen and oxygen atoms in total. The lowest BCUT2D eigenvalue weighted by molar-refractivity contribution is 0.0678. The molecule has 0 aliphatic heterocycles. The van der Waals surface area contributed by atoms with Gasteiger partial charge in [0, 0.05) is 17.8 Å². The van der Waals surface area contributed by atoms with Crippen molar-refractivity contribution < 1.29 is 13.2 Å². The lowest BCUT2D eigenvalue weighted by Crippen LogP contribution is -2.09. The van der Waals surface area contributed by atoms with Crippen molar-refractivity contribution in [2.24, 2.45) is 0 Å². The molecule has 0 saturated heterocycles. The standard InChI is InChI=1S/C12H15F2N3OS/c1-12(2,3)8-6-16-11(18-8)19-7-9-15-4-5-17(9)10(13)14/h4-6,10H,7H2,1-3H3. The molecule has 0 N–H and O–H groups in total. The molecule has 0 spiro atoms. The maximum absolute atomic E-state index is 12.6. The van der Waals surface area contributed by atoms with Crippen LogP contribution in [0.2, 0.25) is 0 Å². The lowest BCUT2D eigenvalue weighted by atomic mass is 9.94. The molecule has 0 atom stereocenters. The molecule has 19 heavy (non-hydrogen) atoms. The van der Waals surface area contributed by atoms with E-state index in [0.717, 1.165) is 10.3 Å². The first-order valence-electron chi connectivity index (χ1n) is 5.77. The highest BCUT2D eigenvalue weighted by Gasteiger charge is 2.20. The third-order valence-electron chi connectivity index (χ3n) is 2.51. The lowest BCUT2D eigenvalue weighted by Gasteiger charge is -2.12. The second-order valence-electron chi connectivity index (χ2n) is 5.06.